The number of hydrogen-bond donors (Lipinski definition) is 3. The Morgan fingerprint density at radius 2 is 2.11 bits per heavy atom. The molecule has 1 aliphatic carbocycles. The van der Waals surface area contributed by atoms with Crippen molar-refractivity contribution in [2.75, 3.05) is 17.6 Å². The third kappa shape index (κ3) is 3.92. The number of aromatic nitrogens is 1. The first-order valence-corrected chi connectivity index (χ1v) is 6.91. The average molecular weight is 262 g/mol. The van der Waals surface area contributed by atoms with Gasteiger partial charge in [0.15, 0.2) is 0 Å². The molecule has 19 heavy (non-hydrogen) atoms. The van der Waals surface area contributed by atoms with Crippen molar-refractivity contribution in [3.05, 3.63) is 18.3 Å². The lowest BCUT2D eigenvalue weighted by molar-refractivity contribution is -0.121. The van der Waals surface area contributed by atoms with E-state index in [2.05, 4.69) is 10.3 Å². The van der Waals surface area contributed by atoms with E-state index in [1.165, 1.54) is 0 Å². The second-order valence-electron chi connectivity index (χ2n) is 5.25. The van der Waals surface area contributed by atoms with Gasteiger partial charge in [-0.25, -0.2) is 4.98 Å². The number of nitrogens with two attached hydrogens (primary N) is 2. The summed E-state index contributed by atoms with van der Waals surface area (Å²) in [5.41, 5.74) is 11.9. The van der Waals surface area contributed by atoms with Crippen molar-refractivity contribution >= 4 is 17.4 Å². The van der Waals surface area contributed by atoms with E-state index >= 15 is 0 Å². The van der Waals surface area contributed by atoms with Crippen molar-refractivity contribution in [3.8, 4) is 0 Å². The van der Waals surface area contributed by atoms with Gasteiger partial charge in [-0.05, 0) is 50.6 Å². The van der Waals surface area contributed by atoms with Gasteiger partial charge in [0.2, 0.25) is 5.91 Å². The van der Waals surface area contributed by atoms with Crippen molar-refractivity contribution in [2.45, 2.75) is 32.1 Å². The van der Waals surface area contributed by atoms with Gasteiger partial charge in [0.25, 0.3) is 0 Å². The summed E-state index contributed by atoms with van der Waals surface area (Å²) in [6.07, 6.45) is 6.80. The number of nitrogens with one attached hydrogen (secondary N) is 1. The Kier molecular flexibility index (Phi) is 4.74. The lowest BCUT2D eigenvalue weighted by atomic mass is 9.80. The molecule has 1 saturated carbocycles. The average Bonchev–Trinajstić information content (AvgIpc) is 2.40. The zero-order chi connectivity index (χ0) is 13.7. The van der Waals surface area contributed by atoms with Crippen LogP contribution in [0.15, 0.2) is 18.3 Å². The minimum absolute atomic E-state index is 0.0943. The third-order valence-corrected chi connectivity index (χ3v) is 3.84. The lowest BCUT2D eigenvalue weighted by Gasteiger charge is -2.27. The first kappa shape index (κ1) is 13.8. The highest BCUT2D eigenvalue weighted by molar-refractivity contribution is 5.92. The monoisotopic (exact) mass is 262 g/mol. The topological polar surface area (TPSA) is 94.0 Å². The molecule has 0 radical (unpaired) electrons. The molecule has 1 aromatic heterocycles. The van der Waals surface area contributed by atoms with Crippen molar-refractivity contribution < 1.29 is 4.79 Å². The molecule has 0 bridgehead atoms. The van der Waals surface area contributed by atoms with Crippen LogP contribution in [0.4, 0.5) is 11.5 Å². The number of nitrogens with zero attached hydrogens (tertiary/aromatic N) is 1. The molecule has 0 atom stereocenters. The van der Waals surface area contributed by atoms with Gasteiger partial charge in [0.05, 0.1) is 0 Å². The van der Waals surface area contributed by atoms with Crippen LogP contribution in [0.25, 0.3) is 0 Å². The van der Waals surface area contributed by atoms with Gasteiger partial charge in [-0.2, -0.15) is 0 Å². The van der Waals surface area contributed by atoms with Crippen molar-refractivity contribution in [2.24, 2.45) is 17.6 Å². The van der Waals surface area contributed by atoms with Crippen molar-refractivity contribution in [3.63, 3.8) is 0 Å². The quantitative estimate of drug-likeness (QED) is 0.770. The largest absolute Gasteiger partial charge is 0.384 e. The van der Waals surface area contributed by atoms with Crippen molar-refractivity contribution in [1.82, 2.24) is 4.98 Å². The van der Waals surface area contributed by atoms with Crippen LogP contribution in [-0.4, -0.2) is 17.4 Å². The van der Waals surface area contributed by atoms with Gasteiger partial charge in [0.1, 0.15) is 5.82 Å². The molecule has 0 aliphatic heterocycles. The van der Waals surface area contributed by atoms with Gasteiger partial charge in [0, 0.05) is 23.9 Å². The molecule has 0 spiro atoms. The third-order valence-electron chi connectivity index (χ3n) is 3.84. The van der Waals surface area contributed by atoms with Crippen LogP contribution in [0.2, 0.25) is 0 Å². The summed E-state index contributed by atoms with van der Waals surface area (Å²) < 4.78 is 0. The van der Waals surface area contributed by atoms with Gasteiger partial charge in [-0.3, -0.25) is 4.79 Å². The Hall–Kier alpha value is -1.62. The Labute approximate surface area is 113 Å². The molecule has 5 nitrogen and oxygen atoms in total. The van der Waals surface area contributed by atoms with Gasteiger partial charge in [-0.15, -0.1) is 0 Å². The number of carbonyl (C=O) groups excluding carboxylic acids is 1. The van der Waals surface area contributed by atoms with E-state index < -0.39 is 0 Å². The summed E-state index contributed by atoms with van der Waals surface area (Å²) in [6.45, 7) is 0.748. The molecule has 1 aromatic rings. The zero-order valence-electron chi connectivity index (χ0n) is 11.1. The van der Waals surface area contributed by atoms with Gasteiger partial charge in [-0.1, -0.05) is 0 Å². The first-order chi connectivity index (χ1) is 9.19. The van der Waals surface area contributed by atoms with E-state index in [-0.39, 0.29) is 11.8 Å². The highest BCUT2D eigenvalue weighted by Gasteiger charge is 2.25. The SMILES string of the molecule is NCC[C@H]1CC[C@H](C(=O)Nc2ccnc(N)c2)CC1. The fraction of sp³-hybridized carbons (Fsp3) is 0.571. The molecule has 0 saturated heterocycles. The van der Waals surface area contributed by atoms with Crippen LogP contribution in [0.1, 0.15) is 32.1 Å². The van der Waals surface area contributed by atoms with E-state index in [1.54, 1.807) is 18.3 Å². The number of anilines is 2. The summed E-state index contributed by atoms with van der Waals surface area (Å²) in [5, 5.41) is 2.92. The molecule has 5 heteroatoms. The van der Waals surface area contributed by atoms with Crippen LogP contribution >= 0.6 is 0 Å². The minimum Gasteiger partial charge on any atom is -0.384 e. The second-order valence-corrected chi connectivity index (χ2v) is 5.25. The molecule has 2 rings (SSSR count). The maximum absolute atomic E-state index is 12.1. The fourth-order valence-electron chi connectivity index (χ4n) is 2.72. The molecule has 0 unspecified atom stereocenters. The lowest BCUT2D eigenvalue weighted by Crippen LogP contribution is -2.27. The molecule has 1 heterocycles. The van der Waals surface area contributed by atoms with E-state index in [9.17, 15) is 4.79 Å². The van der Waals surface area contributed by atoms with Crippen LogP contribution in [-0.2, 0) is 4.79 Å². The van der Waals surface area contributed by atoms with E-state index in [4.69, 9.17) is 11.5 Å². The van der Waals surface area contributed by atoms with Crippen molar-refractivity contribution in [1.29, 1.82) is 0 Å². The van der Waals surface area contributed by atoms with Crippen LogP contribution < -0.4 is 16.8 Å². The number of pyridine rings is 1. The second kappa shape index (κ2) is 6.52. The summed E-state index contributed by atoms with van der Waals surface area (Å²) in [4.78, 5) is 16.1. The van der Waals surface area contributed by atoms with E-state index in [0.29, 0.717) is 11.7 Å². The number of nitrogen functional groups attached to an aromatic ring is 1. The van der Waals surface area contributed by atoms with Crippen LogP contribution in [0.5, 0.6) is 0 Å². The Morgan fingerprint density at radius 3 is 2.74 bits per heavy atom. The minimum atomic E-state index is 0.0943. The molecular weight excluding hydrogens is 240 g/mol. The smallest absolute Gasteiger partial charge is 0.227 e. The Balaban J connectivity index is 1.84. The van der Waals surface area contributed by atoms with Crippen LogP contribution in [0, 0.1) is 11.8 Å². The van der Waals surface area contributed by atoms with Gasteiger partial charge >= 0.3 is 0 Å². The van der Waals surface area contributed by atoms with E-state index in [1.807, 2.05) is 0 Å². The summed E-state index contributed by atoms with van der Waals surface area (Å²) >= 11 is 0. The van der Waals surface area contributed by atoms with Gasteiger partial charge < -0.3 is 16.8 Å². The predicted octanol–water partition coefficient (Wildman–Crippen LogP) is 1.76. The summed E-state index contributed by atoms with van der Waals surface area (Å²) in [6, 6.07) is 3.44. The number of carbonyl (C=O) groups is 1. The zero-order valence-corrected chi connectivity index (χ0v) is 11.1. The van der Waals surface area contributed by atoms with Crippen LogP contribution in [0.3, 0.4) is 0 Å². The molecule has 1 amide bonds. The number of hydrogen-bond acceptors (Lipinski definition) is 4. The molecular formula is C14H22N4O. The maximum Gasteiger partial charge on any atom is 0.227 e. The summed E-state index contributed by atoms with van der Waals surface area (Å²) in [7, 11) is 0. The Bertz CT molecular complexity index is 427. The number of rotatable bonds is 4. The first-order valence-electron chi connectivity index (χ1n) is 6.91. The highest BCUT2D eigenvalue weighted by atomic mass is 16.1. The predicted molar refractivity (Wildman–Crippen MR) is 76.4 cm³/mol. The maximum atomic E-state index is 12.1. The molecule has 1 aliphatic rings. The molecule has 104 valence electrons. The van der Waals surface area contributed by atoms with E-state index in [0.717, 1.165) is 44.3 Å². The standard InChI is InChI=1S/C14H22N4O/c15-7-5-10-1-3-11(4-2-10)14(19)18-12-6-8-17-13(16)9-12/h6,8-11H,1-5,7,15H2,(H3,16,17,18,19)/t10-,11-. The fourth-order valence-corrected chi connectivity index (χ4v) is 2.72. The normalized spacial score (nSPS) is 23.0. The molecule has 0 aromatic carbocycles. The number of amides is 1. The summed E-state index contributed by atoms with van der Waals surface area (Å²) in [5.74, 6) is 1.33. The molecule has 1 fully saturated rings. The highest BCUT2D eigenvalue weighted by Crippen LogP contribution is 2.31. The molecule has 5 N–H and O–H groups in total. The Morgan fingerprint density at radius 1 is 1.37 bits per heavy atom.